The van der Waals surface area contributed by atoms with Crippen LogP contribution in [-0.2, 0) is 14.3 Å². The van der Waals surface area contributed by atoms with Crippen molar-refractivity contribution in [2.45, 2.75) is 59.7 Å². The molecular weight excluding hydrogens is 321 g/mol. The molecule has 3 atom stereocenters. The summed E-state index contributed by atoms with van der Waals surface area (Å²) in [5, 5.41) is 0. The van der Waals surface area contributed by atoms with E-state index in [0.29, 0.717) is 0 Å². The highest BCUT2D eigenvalue weighted by Crippen LogP contribution is 2.60. The van der Waals surface area contributed by atoms with E-state index in [4.69, 9.17) is 4.74 Å². The van der Waals surface area contributed by atoms with E-state index in [1.807, 2.05) is 33.8 Å². The van der Waals surface area contributed by atoms with E-state index in [0.717, 1.165) is 5.57 Å². The van der Waals surface area contributed by atoms with Gasteiger partial charge >= 0.3 is 12.1 Å². The lowest BCUT2D eigenvalue weighted by molar-refractivity contribution is -0.150. The van der Waals surface area contributed by atoms with Crippen molar-refractivity contribution in [3.8, 4) is 0 Å². The molecule has 3 nitrogen and oxygen atoms in total. The number of Topliss-reactive ketones (excluding diaryl/α,β-unsaturated/α-hetero) is 1. The first-order chi connectivity index (χ1) is 10.8. The minimum absolute atomic E-state index is 0.0611. The standard InChI is InChI=1S/C18H23F3O3/c1-9(2)6-12-15(17(12,4)5)16(23)24-14-7-13(22)11(10(14)3)8-18(19,20)21/h6,12,14-15H,7-8H2,1-5H3/t12-,14?,15+/m1/s1. The van der Waals surface area contributed by atoms with Gasteiger partial charge in [-0.2, -0.15) is 13.2 Å². The van der Waals surface area contributed by atoms with Gasteiger partial charge in [0.05, 0.1) is 18.8 Å². The summed E-state index contributed by atoms with van der Waals surface area (Å²) in [6.07, 6.45) is -4.75. The minimum atomic E-state index is -4.45. The average Bonchev–Trinajstić information content (AvgIpc) is 2.83. The van der Waals surface area contributed by atoms with Crippen LogP contribution in [0.1, 0.15) is 47.5 Å². The normalized spacial score (nSPS) is 28.8. The van der Waals surface area contributed by atoms with E-state index in [1.165, 1.54) is 6.92 Å². The van der Waals surface area contributed by atoms with Crippen molar-refractivity contribution in [3.05, 3.63) is 22.8 Å². The molecule has 0 aromatic carbocycles. The van der Waals surface area contributed by atoms with Crippen molar-refractivity contribution < 1.29 is 27.5 Å². The zero-order valence-electron chi connectivity index (χ0n) is 14.6. The Kier molecular flexibility index (Phi) is 4.72. The number of carbonyl (C=O) groups excluding carboxylic acids is 2. The van der Waals surface area contributed by atoms with Crippen molar-refractivity contribution in [2.24, 2.45) is 17.3 Å². The molecule has 1 unspecified atom stereocenters. The highest BCUT2D eigenvalue weighted by atomic mass is 19.4. The van der Waals surface area contributed by atoms with Crippen molar-refractivity contribution >= 4 is 11.8 Å². The number of ether oxygens (including phenoxy) is 1. The molecule has 2 rings (SSSR count). The lowest BCUT2D eigenvalue weighted by atomic mass is 10.1. The van der Waals surface area contributed by atoms with Crippen LogP contribution >= 0.6 is 0 Å². The van der Waals surface area contributed by atoms with Gasteiger partial charge in [0.15, 0.2) is 5.78 Å². The SMILES string of the molecule is CC(C)=C[C@@H]1[C@@H](C(=O)OC2CC(=O)C(CC(F)(F)F)=C2C)C1(C)C. The van der Waals surface area contributed by atoms with E-state index in [2.05, 4.69) is 0 Å². The molecule has 0 bridgehead atoms. The third kappa shape index (κ3) is 3.73. The van der Waals surface area contributed by atoms with Crippen LogP contribution in [0.25, 0.3) is 0 Å². The zero-order chi connectivity index (χ0) is 18.4. The van der Waals surface area contributed by atoms with Gasteiger partial charge in [-0.1, -0.05) is 25.5 Å². The Morgan fingerprint density at radius 3 is 2.42 bits per heavy atom. The van der Waals surface area contributed by atoms with Gasteiger partial charge in [0.2, 0.25) is 0 Å². The Morgan fingerprint density at radius 2 is 1.92 bits per heavy atom. The number of ketones is 1. The van der Waals surface area contributed by atoms with Crippen molar-refractivity contribution in [1.29, 1.82) is 0 Å². The second-order valence-electron chi connectivity index (χ2n) is 7.58. The van der Waals surface area contributed by atoms with Crippen LogP contribution in [0.15, 0.2) is 22.8 Å². The van der Waals surface area contributed by atoms with E-state index in [1.54, 1.807) is 0 Å². The van der Waals surface area contributed by atoms with Gasteiger partial charge in [0, 0.05) is 5.57 Å². The average molecular weight is 344 g/mol. The maximum Gasteiger partial charge on any atom is 0.393 e. The number of esters is 1. The molecule has 0 N–H and O–H groups in total. The highest BCUT2D eigenvalue weighted by Gasteiger charge is 2.61. The summed E-state index contributed by atoms with van der Waals surface area (Å²) in [6.45, 7) is 9.25. The van der Waals surface area contributed by atoms with Gasteiger partial charge in [-0.25, -0.2) is 0 Å². The highest BCUT2D eigenvalue weighted by molar-refractivity contribution is 6.00. The third-order valence-corrected chi connectivity index (χ3v) is 4.98. The summed E-state index contributed by atoms with van der Waals surface area (Å²) >= 11 is 0. The first kappa shape index (κ1) is 18.7. The van der Waals surface area contributed by atoms with Gasteiger partial charge in [-0.3, -0.25) is 9.59 Å². The largest absolute Gasteiger partial charge is 0.457 e. The van der Waals surface area contributed by atoms with Crippen molar-refractivity contribution in [3.63, 3.8) is 0 Å². The number of carbonyl (C=O) groups is 2. The van der Waals surface area contributed by atoms with Crippen LogP contribution in [-0.4, -0.2) is 24.0 Å². The number of hydrogen-bond donors (Lipinski definition) is 0. The summed E-state index contributed by atoms with van der Waals surface area (Å²) < 4.78 is 43.1. The second kappa shape index (κ2) is 6.05. The molecule has 0 aromatic heterocycles. The first-order valence-electron chi connectivity index (χ1n) is 7.99. The van der Waals surface area contributed by atoms with Crippen molar-refractivity contribution in [2.75, 3.05) is 0 Å². The molecule has 134 valence electrons. The Morgan fingerprint density at radius 1 is 1.33 bits per heavy atom. The Bertz CT molecular complexity index is 622. The van der Waals surface area contributed by atoms with Gasteiger partial charge < -0.3 is 4.74 Å². The maximum atomic E-state index is 12.6. The molecule has 0 amide bonds. The Labute approximate surface area is 139 Å². The minimum Gasteiger partial charge on any atom is -0.457 e. The third-order valence-electron chi connectivity index (χ3n) is 4.98. The topological polar surface area (TPSA) is 43.4 Å². The smallest absolute Gasteiger partial charge is 0.393 e. The lowest BCUT2D eigenvalue weighted by Crippen LogP contribution is -2.20. The quantitative estimate of drug-likeness (QED) is 0.561. The molecule has 1 fully saturated rings. The summed E-state index contributed by atoms with van der Waals surface area (Å²) in [5.74, 6) is -1.28. The van der Waals surface area contributed by atoms with Gasteiger partial charge in [-0.15, -0.1) is 0 Å². The fraction of sp³-hybridized carbons (Fsp3) is 0.667. The fourth-order valence-corrected chi connectivity index (χ4v) is 3.44. The van der Waals surface area contributed by atoms with Crippen LogP contribution in [0.2, 0.25) is 0 Å². The Balaban J connectivity index is 2.08. The van der Waals surface area contributed by atoms with E-state index >= 15 is 0 Å². The Hall–Kier alpha value is -1.59. The summed E-state index contributed by atoms with van der Waals surface area (Å²) in [6, 6.07) is 0. The molecule has 2 aliphatic rings. The van der Waals surface area contributed by atoms with E-state index < -0.39 is 30.5 Å². The summed E-state index contributed by atoms with van der Waals surface area (Å²) in [5.41, 5.74) is 0.825. The van der Waals surface area contributed by atoms with Gasteiger partial charge in [0.25, 0.3) is 0 Å². The maximum absolute atomic E-state index is 12.6. The molecule has 1 saturated carbocycles. The van der Waals surface area contributed by atoms with Crippen LogP contribution in [0.3, 0.4) is 0 Å². The first-order valence-corrected chi connectivity index (χ1v) is 7.99. The summed E-state index contributed by atoms with van der Waals surface area (Å²) in [4.78, 5) is 24.2. The predicted molar refractivity (Wildman–Crippen MR) is 83.1 cm³/mol. The molecule has 0 saturated heterocycles. The zero-order valence-corrected chi connectivity index (χ0v) is 14.6. The van der Waals surface area contributed by atoms with Crippen LogP contribution in [0.5, 0.6) is 0 Å². The van der Waals surface area contributed by atoms with Gasteiger partial charge in [0.1, 0.15) is 6.10 Å². The van der Waals surface area contributed by atoms with Crippen LogP contribution < -0.4 is 0 Å². The molecule has 0 aromatic rings. The second-order valence-corrected chi connectivity index (χ2v) is 7.58. The van der Waals surface area contributed by atoms with E-state index in [9.17, 15) is 22.8 Å². The number of halogens is 3. The van der Waals surface area contributed by atoms with Crippen molar-refractivity contribution in [1.82, 2.24) is 0 Å². The number of rotatable bonds is 4. The number of alkyl halides is 3. The van der Waals surface area contributed by atoms with Crippen LogP contribution in [0.4, 0.5) is 13.2 Å². The predicted octanol–water partition coefficient (Wildman–Crippen LogP) is 4.38. The van der Waals surface area contributed by atoms with Crippen LogP contribution in [0, 0.1) is 17.3 Å². The number of allylic oxidation sites excluding steroid dienone is 3. The lowest BCUT2D eigenvalue weighted by Gasteiger charge is -2.14. The molecular formula is C18H23F3O3. The molecule has 6 heteroatoms. The fourth-order valence-electron chi connectivity index (χ4n) is 3.44. The molecule has 0 spiro atoms. The number of hydrogen-bond acceptors (Lipinski definition) is 3. The van der Waals surface area contributed by atoms with Gasteiger partial charge in [-0.05, 0) is 37.7 Å². The summed E-state index contributed by atoms with van der Waals surface area (Å²) in [7, 11) is 0. The molecule has 0 radical (unpaired) electrons. The monoisotopic (exact) mass is 344 g/mol. The molecule has 2 aliphatic carbocycles. The molecule has 0 heterocycles. The molecule has 24 heavy (non-hydrogen) atoms. The van der Waals surface area contributed by atoms with E-state index in [-0.39, 0.29) is 34.8 Å². The molecule has 0 aliphatic heterocycles.